The highest BCUT2D eigenvalue weighted by Crippen LogP contribution is 2.27. The Bertz CT molecular complexity index is 1010. The van der Waals surface area contributed by atoms with Crippen molar-refractivity contribution in [3.63, 3.8) is 0 Å². The lowest BCUT2D eigenvalue weighted by atomic mass is 9.86. The summed E-state index contributed by atoms with van der Waals surface area (Å²) in [5, 5.41) is 4.77. The Morgan fingerprint density at radius 3 is 2.67 bits per heavy atom. The molecule has 7 nitrogen and oxygen atoms in total. The third kappa shape index (κ3) is 4.16. The van der Waals surface area contributed by atoms with E-state index in [1.165, 1.54) is 24.8 Å². The molecule has 1 aliphatic heterocycles. The van der Waals surface area contributed by atoms with Gasteiger partial charge in [-0.2, -0.15) is 15.1 Å². The number of aromatic nitrogens is 4. The first-order valence-corrected chi connectivity index (χ1v) is 10.7. The van der Waals surface area contributed by atoms with Crippen molar-refractivity contribution in [2.24, 2.45) is 5.92 Å². The van der Waals surface area contributed by atoms with Gasteiger partial charge in [-0.3, -0.25) is 0 Å². The normalized spacial score (nSPS) is 17.0. The molecule has 0 amide bonds. The Kier molecular flexibility index (Phi) is 5.36. The molecule has 1 aromatic carbocycles. The maximum absolute atomic E-state index is 5.99. The van der Waals surface area contributed by atoms with Gasteiger partial charge in [-0.1, -0.05) is 30.2 Å². The van der Waals surface area contributed by atoms with Crippen molar-refractivity contribution in [1.82, 2.24) is 19.7 Å². The summed E-state index contributed by atoms with van der Waals surface area (Å²) in [6.45, 7) is 5.80. The van der Waals surface area contributed by atoms with Gasteiger partial charge in [0.2, 0.25) is 0 Å². The van der Waals surface area contributed by atoms with Crippen LogP contribution in [0.25, 0.3) is 17.1 Å². The monoisotopic (exact) mass is 405 g/mol. The summed E-state index contributed by atoms with van der Waals surface area (Å²) in [5.74, 6) is 2.20. The van der Waals surface area contributed by atoms with Gasteiger partial charge in [-0.05, 0) is 37.8 Å². The fourth-order valence-electron chi connectivity index (χ4n) is 3.80. The first-order valence-electron chi connectivity index (χ1n) is 10.7. The van der Waals surface area contributed by atoms with Crippen LogP contribution < -0.4 is 9.64 Å². The average molecular weight is 406 g/mol. The lowest BCUT2D eigenvalue weighted by Gasteiger charge is -2.28. The second kappa shape index (κ2) is 8.44. The summed E-state index contributed by atoms with van der Waals surface area (Å²) in [4.78, 5) is 11.6. The average Bonchev–Trinajstić information content (AvgIpc) is 3.24. The molecule has 2 aromatic heterocycles. The number of anilines is 1. The highest BCUT2D eigenvalue weighted by molar-refractivity contribution is 5.60. The molecular weight excluding hydrogens is 378 g/mol. The molecule has 5 rings (SSSR count). The van der Waals surface area contributed by atoms with Crippen LogP contribution in [0, 0.1) is 12.8 Å². The van der Waals surface area contributed by atoms with Gasteiger partial charge in [-0.25, -0.2) is 4.68 Å². The number of morpholine rings is 1. The molecule has 0 bridgehead atoms. The Morgan fingerprint density at radius 1 is 1.07 bits per heavy atom. The highest BCUT2D eigenvalue weighted by Gasteiger charge is 2.20. The second-order valence-electron chi connectivity index (χ2n) is 8.09. The predicted molar refractivity (Wildman–Crippen MR) is 115 cm³/mol. The number of aryl methyl sites for hydroxylation is 1. The van der Waals surface area contributed by atoms with Crippen molar-refractivity contribution in [3.05, 3.63) is 48.2 Å². The van der Waals surface area contributed by atoms with Crippen molar-refractivity contribution >= 4 is 5.82 Å². The number of nitrogens with zero attached hydrogens (tertiary/aromatic N) is 5. The summed E-state index contributed by atoms with van der Waals surface area (Å²) >= 11 is 0. The van der Waals surface area contributed by atoms with Crippen LogP contribution in [-0.2, 0) is 4.74 Å². The number of rotatable bonds is 6. The minimum atomic E-state index is 0.425. The molecule has 0 unspecified atom stereocenters. The molecule has 1 saturated heterocycles. The standard InChI is InChI=1S/C23H27N5O2/c1-17-4-2-7-19(14-17)20-8-9-28(26-20)22-15-21(27-10-12-29-13-11-27)24-23(25-22)30-16-18-5-3-6-18/h2,4,7-9,14-15,18H,3,5-6,10-13,16H2,1H3. The summed E-state index contributed by atoms with van der Waals surface area (Å²) < 4.78 is 13.3. The van der Waals surface area contributed by atoms with Crippen LogP contribution in [0.4, 0.5) is 5.82 Å². The molecule has 156 valence electrons. The van der Waals surface area contributed by atoms with Crippen LogP contribution in [0.2, 0.25) is 0 Å². The van der Waals surface area contributed by atoms with Crippen molar-refractivity contribution in [3.8, 4) is 23.1 Å². The lowest BCUT2D eigenvalue weighted by molar-refractivity contribution is 0.122. The van der Waals surface area contributed by atoms with Crippen LogP contribution in [0.3, 0.4) is 0 Å². The largest absolute Gasteiger partial charge is 0.463 e. The fourth-order valence-corrected chi connectivity index (χ4v) is 3.80. The SMILES string of the molecule is Cc1cccc(-c2ccn(-c3cc(N4CCOCC4)nc(OCC4CCC4)n3)n2)c1. The van der Waals surface area contributed by atoms with E-state index in [-0.39, 0.29) is 0 Å². The Labute approximate surface area is 176 Å². The summed E-state index contributed by atoms with van der Waals surface area (Å²) in [7, 11) is 0. The number of ether oxygens (including phenoxy) is 2. The maximum atomic E-state index is 5.99. The molecule has 0 radical (unpaired) electrons. The van der Waals surface area contributed by atoms with Crippen molar-refractivity contribution in [1.29, 1.82) is 0 Å². The van der Waals surface area contributed by atoms with E-state index in [1.807, 2.05) is 18.3 Å². The maximum Gasteiger partial charge on any atom is 0.320 e. The quantitative estimate of drug-likeness (QED) is 0.624. The van der Waals surface area contributed by atoms with Crippen molar-refractivity contribution in [2.45, 2.75) is 26.2 Å². The van der Waals surface area contributed by atoms with Gasteiger partial charge in [0.05, 0.1) is 25.5 Å². The van der Waals surface area contributed by atoms with E-state index in [4.69, 9.17) is 14.6 Å². The Morgan fingerprint density at radius 2 is 1.90 bits per heavy atom. The highest BCUT2D eigenvalue weighted by atomic mass is 16.5. The van der Waals surface area contributed by atoms with Gasteiger partial charge in [0, 0.05) is 30.9 Å². The minimum absolute atomic E-state index is 0.425. The third-order valence-corrected chi connectivity index (χ3v) is 5.82. The lowest BCUT2D eigenvalue weighted by Crippen LogP contribution is -2.37. The van der Waals surface area contributed by atoms with E-state index >= 15 is 0 Å². The number of benzene rings is 1. The van der Waals surface area contributed by atoms with E-state index in [0.717, 1.165) is 30.2 Å². The number of hydrogen-bond acceptors (Lipinski definition) is 6. The molecule has 3 heterocycles. The molecule has 7 heteroatoms. The molecule has 3 aromatic rings. The molecule has 0 spiro atoms. The zero-order valence-corrected chi connectivity index (χ0v) is 17.3. The Balaban J connectivity index is 1.45. The smallest absolute Gasteiger partial charge is 0.320 e. The molecule has 1 saturated carbocycles. The third-order valence-electron chi connectivity index (χ3n) is 5.82. The van der Waals surface area contributed by atoms with Crippen LogP contribution >= 0.6 is 0 Å². The molecule has 2 aliphatic rings. The molecule has 1 aliphatic carbocycles. The van der Waals surface area contributed by atoms with E-state index in [9.17, 15) is 0 Å². The molecule has 0 atom stereocenters. The van der Waals surface area contributed by atoms with Gasteiger partial charge < -0.3 is 14.4 Å². The van der Waals surface area contributed by atoms with E-state index < -0.39 is 0 Å². The fraction of sp³-hybridized carbons (Fsp3) is 0.435. The first-order chi connectivity index (χ1) is 14.7. The second-order valence-corrected chi connectivity index (χ2v) is 8.09. The molecular formula is C23H27N5O2. The van der Waals surface area contributed by atoms with Crippen molar-refractivity contribution < 1.29 is 9.47 Å². The van der Waals surface area contributed by atoms with Gasteiger partial charge in [0.15, 0.2) is 5.82 Å². The van der Waals surface area contributed by atoms with Crippen LogP contribution in [0.5, 0.6) is 6.01 Å². The topological polar surface area (TPSA) is 65.3 Å². The molecule has 2 fully saturated rings. The van der Waals surface area contributed by atoms with Gasteiger partial charge in [0.25, 0.3) is 0 Å². The van der Waals surface area contributed by atoms with Crippen LogP contribution in [-0.4, -0.2) is 52.7 Å². The molecule has 30 heavy (non-hydrogen) atoms. The van der Waals surface area contributed by atoms with Gasteiger partial charge >= 0.3 is 6.01 Å². The Hall–Kier alpha value is -2.93. The first kappa shape index (κ1) is 19.1. The summed E-state index contributed by atoms with van der Waals surface area (Å²) in [6.07, 6.45) is 5.70. The zero-order chi connectivity index (χ0) is 20.3. The summed E-state index contributed by atoms with van der Waals surface area (Å²) in [5.41, 5.74) is 3.23. The van der Waals surface area contributed by atoms with Gasteiger partial charge in [0.1, 0.15) is 5.82 Å². The van der Waals surface area contributed by atoms with E-state index in [1.54, 1.807) is 4.68 Å². The van der Waals surface area contributed by atoms with Crippen LogP contribution in [0.1, 0.15) is 24.8 Å². The van der Waals surface area contributed by atoms with Crippen LogP contribution in [0.15, 0.2) is 42.6 Å². The summed E-state index contributed by atoms with van der Waals surface area (Å²) in [6, 6.07) is 12.8. The predicted octanol–water partition coefficient (Wildman–Crippen LogP) is 3.65. The number of hydrogen-bond donors (Lipinski definition) is 0. The van der Waals surface area contributed by atoms with E-state index in [2.05, 4.69) is 46.1 Å². The minimum Gasteiger partial charge on any atom is -0.463 e. The molecule has 0 N–H and O–H groups in total. The van der Waals surface area contributed by atoms with Gasteiger partial charge in [-0.15, -0.1) is 0 Å². The van der Waals surface area contributed by atoms with E-state index in [0.29, 0.717) is 37.6 Å². The van der Waals surface area contributed by atoms with Crippen molar-refractivity contribution in [2.75, 3.05) is 37.8 Å². The zero-order valence-electron chi connectivity index (χ0n) is 17.3.